The number of rotatable bonds is 2. The van der Waals surface area contributed by atoms with Crippen LogP contribution in [0.1, 0.15) is 28.4 Å². The molecule has 0 saturated carbocycles. The molecule has 0 aromatic heterocycles. The Morgan fingerprint density at radius 2 is 1.75 bits per heavy atom. The maximum absolute atomic E-state index is 12.7. The second-order valence-corrected chi connectivity index (χ2v) is 7.36. The summed E-state index contributed by atoms with van der Waals surface area (Å²) in [5.74, 6) is 0.580. The number of carbonyl (C=O) groups is 1. The van der Waals surface area contributed by atoms with Gasteiger partial charge in [0, 0.05) is 48.9 Å². The molecule has 1 fully saturated rings. The van der Waals surface area contributed by atoms with Crippen LogP contribution in [0.4, 0.5) is 0 Å². The van der Waals surface area contributed by atoms with Crippen molar-refractivity contribution < 1.29 is 19.7 Å². The molecule has 0 spiro atoms. The van der Waals surface area contributed by atoms with Gasteiger partial charge in [-0.25, -0.2) is 0 Å². The standard InChI is InChI=1S/C22H24N2O4/c1-14-18-8-7-17(25)13-19(18)28-22(27)20(14)15-3-5-16(6-4-15)21(26)24-11-9-23(2)10-12-24/h3-8,13,22,25,27H,9-12H2,1-2H3. The van der Waals surface area contributed by atoms with Gasteiger partial charge in [-0.3, -0.25) is 4.79 Å². The van der Waals surface area contributed by atoms with Gasteiger partial charge in [0.05, 0.1) is 0 Å². The van der Waals surface area contributed by atoms with Crippen LogP contribution < -0.4 is 4.74 Å². The molecule has 6 nitrogen and oxygen atoms in total. The highest BCUT2D eigenvalue weighted by Gasteiger charge is 2.27. The first-order valence-electron chi connectivity index (χ1n) is 9.41. The maximum atomic E-state index is 12.7. The van der Waals surface area contributed by atoms with Gasteiger partial charge in [-0.2, -0.15) is 0 Å². The molecule has 2 aromatic rings. The number of fused-ring (bicyclic) bond motifs is 1. The van der Waals surface area contributed by atoms with Crippen molar-refractivity contribution in [2.75, 3.05) is 33.2 Å². The molecule has 2 aliphatic rings. The Bertz CT molecular complexity index is 928. The zero-order chi connectivity index (χ0) is 19.8. The maximum Gasteiger partial charge on any atom is 0.253 e. The Hall–Kier alpha value is -2.83. The summed E-state index contributed by atoms with van der Waals surface area (Å²) in [7, 11) is 2.06. The number of amides is 1. The van der Waals surface area contributed by atoms with Crippen LogP contribution in [0.2, 0.25) is 0 Å². The average molecular weight is 380 g/mol. The van der Waals surface area contributed by atoms with Gasteiger partial charge in [-0.05, 0) is 49.4 Å². The van der Waals surface area contributed by atoms with Crippen molar-refractivity contribution in [3.05, 3.63) is 59.2 Å². The van der Waals surface area contributed by atoms with Crippen LogP contribution in [-0.2, 0) is 0 Å². The first kappa shape index (κ1) is 18.5. The molecule has 1 atom stereocenters. The summed E-state index contributed by atoms with van der Waals surface area (Å²) in [6.45, 7) is 5.15. The van der Waals surface area contributed by atoms with E-state index in [2.05, 4.69) is 11.9 Å². The fourth-order valence-electron chi connectivity index (χ4n) is 3.77. The molecule has 0 radical (unpaired) electrons. The number of carbonyl (C=O) groups excluding carboxylic acids is 1. The summed E-state index contributed by atoms with van der Waals surface area (Å²) in [6.07, 6.45) is -1.13. The zero-order valence-electron chi connectivity index (χ0n) is 16.1. The number of aliphatic hydroxyl groups is 1. The van der Waals surface area contributed by atoms with Crippen molar-refractivity contribution in [3.8, 4) is 11.5 Å². The molecule has 28 heavy (non-hydrogen) atoms. The number of ether oxygens (including phenoxy) is 1. The number of allylic oxidation sites excluding steroid dienone is 1. The summed E-state index contributed by atoms with van der Waals surface area (Å²) >= 11 is 0. The lowest BCUT2D eigenvalue weighted by Gasteiger charge is -2.32. The van der Waals surface area contributed by atoms with Gasteiger partial charge in [-0.1, -0.05) is 12.1 Å². The number of phenolic OH excluding ortho intramolecular Hbond substituents is 1. The number of nitrogens with zero attached hydrogens (tertiary/aromatic N) is 2. The number of benzene rings is 2. The third kappa shape index (κ3) is 3.37. The average Bonchev–Trinajstić information content (AvgIpc) is 2.68. The molecule has 0 aliphatic carbocycles. The Kier molecular flexibility index (Phi) is 4.83. The van der Waals surface area contributed by atoms with E-state index in [-0.39, 0.29) is 11.7 Å². The topological polar surface area (TPSA) is 73.2 Å². The van der Waals surface area contributed by atoms with Crippen molar-refractivity contribution in [2.45, 2.75) is 13.2 Å². The largest absolute Gasteiger partial charge is 0.508 e. The van der Waals surface area contributed by atoms with Gasteiger partial charge in [0.25, 0.3) is 5.91 Å². The van der Waals surface area contributed by atoms with E-state index in [0.29, 0.717) is 16.9 Å². The van der Waals surface area contributed by atoms with Crippen LogP contribution in [-0.4, -0.2) is 65.4 Å². The van der Waals surface area contributed by atoms with Crippen LogP contribution in [0.25, 0.3) is 11.1 Å². The van der Waals surface area contributed by atoms with Crippen LogP contribution in [0, 0.1) is 0 Å². The molecule has 1 saturated heterocycles. The second kappa shape index (κ2) is 7.30. The molecular formula is C22H24N2O4. The lowest BCUT2D eigenvalue weighted by molar-refractivity contribution is 0.0313. The highest BCUT2D eigenvalue weighted by Crippen LogP contribution is 2.40. The van der Waals surface area contributed by atoms with Crippen LogP contribution in [0.15, 0.2) is 42.5 Å². The van der Waals surface area contributed by atoms with Gasteiger partial charge in [0.1, 0.15) is 11.5 Å². The van der Waals surface area contributed by atoms with E-state index < -0.39 is 6.29 Å². The van der Waals surface area contributed by atoms with E-state index in [9.17, 15) is 15.0 Å². The first-order valence-corrected chi connectivity index (χ1v) is 9.41. The normalized spacial score (nSPS) is 20.0. The van der Waals surface area contributed by atoms with E-state index >= 15 is 0 Å². The molecule has 4 rings (SSSR count). The Balaban J connectivity index is 1.60. The minimum Gasteiger partial charge on any atom is -0.508 e. The lowest BCUT2D eigenvalue weighted by atomic mass is 9.92. The quantitative estimate of drug-likeness (QED) is 0.837. The number of phenols is 1. The molecule has 1 unspecified atom stereocenters. The summed E-state index contributed by atoms with van der Waals surface area (Å²) in [4.78, 5) is 16.8. The fourth-order valence-corrected chi connectivity index (χ4v) is 3.77. The fraction of sp³-hybridized carbons (Fsp3) is 0.318. The predicted molar refractivity (Wildman–Crippen MR) is 107 cm³/mol. The van der Waals surface area contributed by atoms with Gasteiger partial charge in [0.2, 0.25) is 6.29 Å². The summed E-state index contributed by atoms with van der Waals surface area (Å²) < 4.78 is 5.59. The summed E-state index contributed by atoms with van der Waals surface area (Å²) in [6, 6.07) is 12.2. The highest BCUT2D eigenvalue weighted by molar-refractivity contribution is 5.97. The van der Waals surface area contributed by atoms with E-state index in [1.807, 2.05) is 24.0 Å². The van der Waals surface area contributed by atoms with E-state index in [1.165, 1.54) is 6.07 Å². The van der Waals surface area contributed by atoms with E-state index in [0.717, 1.165) is 42.9 Å². The van der Waals surface area contributed by atoms with Crippen molar-refractivity contribution in [2.24, 2.45) is 0 Å². The highest BCUT2D eigenvalue weighted by atomic mass is 16.6. The number of hydrogen-bond donors (Lipinski definition) is 2. The summed E-state index contributed by atoms with van der Waals surface area (Å²) in [5.41, 5.74) is 3.82. The number of piperazine rings is 1. The third-order valence-electron chi connectivity index (χ3n) is 5.49. The molecule has 0 bridgehead atoms. The second-order valence-electron chi connectivity index (χ2n) is 7.36. The number of hydrogen-bond acceptors (Lipinski definition) is 5. The summed E-state index contributed by atoms with van der Waals surface area (Å²) in [5, 5.41) is 20.1. The Morgan fingerprint density at radius 1 is 1.07 bits per heavy atom. The monoisotopic (exact) mass is 380 g/mol. The van der Waals surface area contributed by atoms with E-state index in [4.69, 9.17) is 4.74 Å². The van der Waals surface area contributed by atoms with Gasteiger partial charge < -0.3 is 24.7 Å². The van der Waals surface area contributed by atoms with Crippen LogP contribution in [0.5, 0.6) is 11.5 Å². The SMILES string of the molecule is CC1=C(c2ccc(C(=O)N3CCN(C)CC3)cc2)C(O)Oc2cc(O)ccc21. The molecule has 2 N–H and O–H groups in total. The Morgan fingerprint density at radius 3 is 2.43 bits per heavy atom. The van der Waals surface area contributed by atoms with Crippen molar-refractivity contribution in [3.63, 3.8) is 0 Å². The molecular weight excluding hydrogens is 356 g/mol. The minimum absolute atomic E-state index is 0.0339. The number of likely N-dealkylation sites (N-methyl/N-ethyl adjacent to an activating group) is 1. The molecule has 146 valence electrons. The van der Waals surface area contributed by atoms with Gasteiger partial charge >= 0.3 is 0 Å². The predicted octanol–water partition coefficient (Wildman–Crippen LogP) is 2.42. The zero-order valence-corrected chi connectivity index (χ0v) is 16.1. The molecule has 2 aromatic carbocycles. The van der Waals surface area contributed by atoms with Crippen molar-refractivity contribution in [1.29, 1.82) is 0 Å². The van der Waals surface area contributed by atoms with Gasteiger partial charge in [-0.15, -0.1) is 0 Å². The smallest absolute Gasteiger partial charge is 0.253 e. The lowest BCUT2D eigenvalue weighted by Crippen LogP contribution is -2.47. The molecule has 2 heterocycles. The number of aliphatic hydroxyl groups excluding tert-OH is 1. The van der Waals surface area contributed by atoms with Crippen molar-refractivity contribution in [1.82, 2.24) is 9.80 Å². The first-order chi connectivity index (χ1) is 13.4. The van der Waals surface area contributed by atoms with Crippen molar-refractivity contribution >= 4 is 17.1 Å². The minimum atomic E-state index is -1.13. The molecule has 1 amide bonds. The number of aromatic hydroxyl groups is 1. The van der Waals surface area contributed by atoms with E-state index in [1.54, 1.807) is 24.3 Å². The van der Waals surface area contributed by atoms with Crippen LogP contribution in [0.3, 0.4) is 0 Å². The molecule has 2 aliphatic heterocycles. The van der Waals surface area contributed by atoms with Crippen LogP contribution >= 0.6 is 0 Å². The molecule has 6 heteroatoms. The Labute approximate surface area is 164 Å². The van der Waals surface area contributed by atoms with Gasteiger partial charge in [0.15, 0.2) is 0 Å². The third-order valence-corrected chi connectivity index (χ3v) is 5.49.